The van der Waals surface area contributed by atoms with Crippen LogP contribution in [0, 0.1) is 0 Å². The number of alkyl halides is 3. The second-order valence-corrected chi connectivity index (χ2v) is 4.09. The molecule has 1 aliphatic rings. The molecule has 0 radical (unpaired) electrons. The summed E-state index contributed by atoms with van der Waals surface area (Å²) in [6.45, 7) is 0. The van der Waals surface area contributed by atoms with Gasteiger partial charge in [0.2, 0.25) is 0 Å². The van der Waals surface area contributed by atoms with Crippen molar-refractivity contribution in [3.05, 3.63) is 46.4 Å². The molecule has 0 bridgehead atoms. The van der Waals surface area contributed by atoms with Crippen LogP contribution in [0.25, 0.3) is 0 Å². The summed E-state index contributed by atoms with van der Waals surface area (Å²) >= 11 is 0. The molecule has 0 spiro atoms. The minimum Gasteiger partial charge on any atom is -0.308 e. The van der Waals surface area contributed by atoms with Gasteiger partial charge in [0.25, 0.3) is 5.56 Å². The SMILES string of the molecule is O=c1ccc(C(F)(F)F)cn1C1C=CCCC1. The highest BCUT2D eigenvalue weighted by molar-refractivity contribution is 5.15. The van der Waals surface area contributed by atoms with Gasteiger partial charge in [-0.2, -0.15) is 13.2 Å². The van der Waals surface area contributed by atoms with Gasteiger partial charge >= 0.3 is 6.18 Å². The number of aromatic nitrogens is 1. The van der Waals surface area contributed by atoms with E-state index in [9.17, 15) is 18.0 Å². The maximum Gasteiger partial charge on any atom is 0.417 e. The van der Waals surface area contributed by atoms with E-state index in [1.807, 2.05) is 6.08 Å². The lowest BCUT2D eigenvalue weighted by Gasteiger charge is -2.20. The van der Waals surface area contributed by atoms with Crippen molar-refractivity contribution in [2.45, 2.75) is 31.5 Å². The summed E-state index contributed by atoms with van der Waals surface area (Å²) in [5.41, 5.74) is -1.18. The average molecular weight is 243 g/mol. The standard InChI is InChI=1S/C12H12F3NO/c13-12(14,15)9-6-7-11(17)16(8-9)10-4-2-1-3-5-10/h2,4,6-8,10H,1,3,5H2. The van der Waals surface area contributed by atoms with E-state index < -0.39 is 17.3 Å². The fourth-order valence-corrected chi connectivity index (χ4v) is 1.96. The zero-order valence-electron chi connectivity index (χ0n) is 9.07. The highest BCUT2D eigenvalue weighted by atomic mass is 19.4. The fourth-order valence-electron chi connectivity index (χ4n) is 1.96. The van der Waals surface area contributed by atoms with E-state index in [0.29, 0.717) is 6.42 Å². The molecular weight excluding hydrogens is 231 g/mol. The van der Waals surface area contributed by atoms with Crippen molar-refractivity contribution in [2.24, 2.45) is 0 Å². The van der Waals surface area contributed by atoms with Crippen LogP contribution >= 0.6 is 0 Å². The maximum atomic E-state index is 12.5. The molecule has 0 saturated carbocycles. The molecule has 1 aromatic rings. The molecule has 1 heterocycles. The lowest BCUT2D eigenvalue weighted by molar-refractivity contribution is -0.138. The van der Waals surface area contributed by atoms with Crippen molar-refractivity contribution in [1.29, 1.82) is 0 Å². The Kier molecular flexibility index (Phi) is 3.09. The predicted octanol–water partition coefficient (Wildman–Crippen LogP) is 3.15. The molecule has 0 saturated heterocycles. The summed E-state index contributed by atoms with van der Waals surface area (Å²) in [6, 6.07) is 1.55. The fraction of sp³-hybridized carbons (Fsp3) is 0.417. The van der Waals surface area contributed by atoms with Gasteiger partial charge in [-0.3, -0.25) is 4.79 Å². The van der Waals surface area contributed by atoms with Crippen molar-refractivity contribution in [1.82, 2.24) is 4.57 Å². The molecule has 17 heavy (non-hydrogen) atoms. The Bertz CT molecular complexity index is 487. The Morgan fingerprint density at radius 1 is 1.29 bits per heavy atom. The molecule has 0 aromatic carbocycles. The smallest absolute Gasteiger partial charge is 0.308 e. The first-order chi connectivity index (χ1) is 7.98. The summed E-state index contributed by atoms with van der Waals surface area (Å²) in [5.74, 6) is 0. The van der Waals surface area contributed by atoms with E-state index in [0.717, 1.165) is 31.2 Å². The molecule has 0 fully saturated rings. The molecule has 1 unspecified atom stereocenters. The summed E-state index contributed by atoms with van der Waals surface area (Å²) in [7, 11) is 0. The third kappa shape index (κ3) is 2.60. The second kappa shape index (κ2) is 4.39. The number of allylic oxidation sites excluding steroid dienone is 2. The zero-order chi connectivity index (χ0) is 12.5. The first-order valence-corrected chi connectivity index (χ1v) is 5.44. The van der Waals surface area contributed by atoms with E-state index >= 15 is 0 Å². The molecule has 2 nitrogen and oxygen atoms in total. The number of pyridine rings is 1. The van der Waals surface area contributed by atoms with Crippen LogP contribution in [-0.4, -0.2) is 4.57 Å². The third-order valence-electron chi connectivity index (χ3n) is 2.85. The Morgan fingerprint density at radius 3 is 2.65 bits per heavy atom. The highest BCUT2D eigenvalue weighted by Gasteiger charge is 2.31. The molecule has 0 N–H and O–H groups in total. The summed E-state index contributed by atoms with van der Waals surface area (Å²) < 4.78 is 38.8. The van der Waals surface area contributed by atoms with Gasteiger partial charge in [-0.05, 0) is 25.3 Å². The van der Waals surface area contributed by atoms with Crippen LogP contribution in [0.2, 0.25) is 0 Å². The van der Waals surface area contributed by atoms with Crippen LogP contribution < -0.4 is 5.56 Å². The van der Waals surface area contributed by atoms with Crippen molar-refractivity contribution in [3.63, 3.8) is 0 Å². The first kappa shape index (κ1) is 12.0. The predicted molar refractivity (Wildman–Crippen MR) is 57.7 cm³/mol. The van der Waals surface area contributed by atoms with Crippen LogP contribution in [0.5, 0.6) is 0 Å². The van der Waals surface area contributed by atoms with E-state index in [2.05, 4.69) is 0 Å². The number of hydrogen-bond donors (Lipinski definition) is 0. The van der Waals surface area contributed by atoms with Crippen molar-refractivity contribution < 1.29 is 13.2 Å². The van der Waals surface area contributed by atoms with E-state index in [-0.39, 0.29) is 6.04 Å². The summed E-state index contributed by atoms with van der Waals surface area (Å²) in [5, 5.41) is 0. The summed E-state index contributed by atoms with van der Waals surface area (Å²) in [4.78, 5) is 11.6. The van der Waals surface area contributed by atoms with E-state index in [4.69, 9.17) is 0 Å². The van der Waals surface area contributed by atoms with Crippen LogP contribution in [-0.2, 0) is 6.18 Å². The molecular formula is C12H12F3NO. The first-order valence-electron chi connectivity index (χ1n) is 5.44. The highest BCUT2D eigenvalue weighted by Crippen LogP contribution is 2.29. The lowest BCUT2D eigenvalue weighted by atomic mass is 10.0. The monoisotopic (exact) mass is 243 g/mol. The normalized spacial score (nSPS) is 20.5. The lowest BCUT2D eigenvalue weighted by Crippen LogP contribution is -2.25. The van der Waals surface area contributed by atoms with Gasteiger partial charge in [0.1, 0.15) is 0 Å². The van der Waals surface area contributed by atoms with Crippen molar-refractivity contribution in [2.75, 3.05) is 0 Å². The average Bonchev–Trinajstić information content (AvgIpc) is 2.29. The Balaban J connectivity index is 2.42. The van der Waals surface area contributed by atoms with Gasteiger partial charge in [0.15, 0.2) is 0 Å². The number of rotatable bonds is 1. The van der Waals surface area contributed by atoms with E-state index in [1.54, 1.807) is 6.08 Å². The Hall–Kier alpha value is -1.52. The molecule has 0 aliphatic heterocycles. The van der Waals surface area contributed by atoms with Gasteiger partial charge in [-0.1, -0.05) is 12.2 Å². The molecule has 0 amide bonds. The maximum absolute atomic E-state index is 12.5. The third-order valence-corrected chi connectivity index (χ3v) is 2.85. The largest absolute Gasteiger partial charge is 0.417 e. The van der Waals surface area contributed by atoms with Gasteiger partial charge in [-0.15, -0.1) is 0 Å². The minimum atomic E-state index is -4.41. The van der Waals surface area contributed by atoms with Gasteiger partial charge < -0.3 is 4.57 Å². The van der Waals surface area contributed by atoms with Crippen LogP contribution in [0.4, 0.5) is 13.2 Å². The quantitative estimate of drug-likeness (QED) is 0.694. The molecule has 1 aliphatic carbocycles. The molecule has 5 heteroatoms. The molecule has 1 aromatic heterocycles. The summed E-state index contributed by atoms with van der Waals surface area (Å²) in [6.07, 6.45) is 2.72. The number of halogens is 3. The molecule has 92 valence electrons. The van der Waals surface area contributed by atoms with Crippen LogP contribution in [0.1, 0.15) is 30.9 Å². The van der Waals surface area contributed by atoms with E-state index in [1.165, 1.54) is 4.57 Å². The van der Waals surface area contributed by atoms with Gasteiger partial charge in [-0.25, -0.2) is 0 Å². The second-order valence-electron chi connectivity index (χ2n) is 4.09. The Labute approximate surface area is 96.4 Å². The van der Waals surface area contributed by atoms with Crippen LogP contribution in [0.15, 0.2) is 35.3 Å². The van der Waals surface area contributed by atoms with Gasteiger partial charge in [0.05, 0.1) is 11.6 Å². The number of nitrogens with zero attached hydrogens (tertiary/aromatic N) is 1. The van der Waals surface area contributed by atoms with Crippen molar-refractivity contribution in [3.8, 4) is 0 Å². The topological polar surface area (TPSA) is 22.0 Å². The van der Waals surface area contributed by atoms with Gasteiger partial charge in [0, 0.05) is 12.3 Å². The zero-order valence-corrected chi connectivity index (χ0v) is 9.07. The Morgan fingerprint density at radius 2 is 2.06 bits per heavy atom. The molecule has 1 atom stereocenters. The molecule has 2 rings (SSSR count). The number of hydrogen-bond acceptors (Lipinski definition) is 1. The van der Waals surface area contributed by atoms with Crippen LogP contribution in [0.3, 0.4) is 0 Å². The van der Waals surface area contributed by atoms with Crippen molar-refractivity contribution >= 4 is 0 Å². The minimum absolute atomic E-state index is 0.251.